The zero-order valence-electron chi connectivity index (χ0n) is 19.3. The SMILES string of the molecule is Cc1cc2c(-c3ccc(Cl)cc3F)cc([C@@H]3CCO[C@H](c4cnn(C5CC5)c4)C3)nc2nc1C. The Morgan fingerprint density at radius 1 is 1.06 bits per heavy atom. The molecule has 2 atom stereocenters. The second-order valence-electron chi connectivity index (χ2n) is 9.55. The molecular weight excluding hydrogens is 451 g/mol. The third kappa shape index (κ3) is 3.99. The average molecular weight is 477 g/mol. The van der Waals surface area contributed by atoms with Crippen LogP contribution in [0.3, 0.4) is 0 Å². The predicted octanol–water partition coefficient (Wildman–Crippen LogP) is 6.87. The Kier molecular flexibility index (Phi) is 5.38. The normalized spacial score (nSPS) is 20.7. The van der Waals surface area contributed by atoms with Gasteiger partial charge in [0.2, 0.25) is 0 Å². The summed E-state index contributed by atoms with van der Waals surface area (Å²) in [5, 5.41) is 5.77. The zero-order chi connectivity index (χ0) is 23.4. The number of halogens is 2. The number of nitrogens with zero attached hydrogens (tertiary/aromatic N) is 4. The van der Waals surface area contributed by atoms with Crippen molar-refractivity contribution < 1.29 is 9.13 Å². The molecule has 5 nitrogen and oxygen atoms in total. The largest absolute Gasteiger partial charge is 0.373 e. The van der Waals surface area contributed by atoms with E-state index < -0.39 is 0 Å². The van der Waals surface area contributed by atoms with Crippen LogP contribution in [-0.2, 0) is 4.74 Å². The number of rotatable bonds is 4. The summed E-state index contributed by atoms with van der Waals surface area (Å²) >= 11 is 6.04. The van der Waals surface area contributed by atoms with Gasteiger partial charge in [-0.15, -0.1) is 0 Å². The van der Waals surface area contributed by atoms with Crippen molar-refractivity contribution >= 4 is 22.6 Å². The van der Waals surface area contributed by atoms with Crippen molar-refractivity contribution in [2.24, 2.45) is 0 Å². The minimum absolute atomic E-state index is 0.0211. The zero-order valence-corrected chi connectivity index (χ0v) is 20.0. The second-order valence-corrected chi connectivity index (χ2v) is 9.98. The fourth-order valence-corrected chi connectivity index (χ4v) is 5.01. The van der Waals surface area contributed by atoms with Crippen LogP contribution in [0, 0.1) is 19.7 Å². The maximum atomic E-state index is 15.0. The lowest BCUT2D eigenvalue weighted by molar-refractivity contribution is 0.00464. The molecule has 1 saturated carbocycles. The Morgan fingerprint density at radius 3 is 2.71 bits per heavy atom. The van der Waals surface area contributed by atoms with E-state index in [4.69, 9.17) is 26.3 Å². The summed E-state index contributed by atoms with van der Waals surface area (Å²) in [6.45, 7) is 4.64. The molecular formula is C27H26ClFN4O. The molecule has 0 N–H and O–H groups in total. The first-order valence-electron chi connectivity index (χ1n) is 11.9. The van der Waals surface area contributed by atoms with Gasteiger partial charge >= 0.3 is 0 Å². The number of ether oxygens (including phenoxy) is 1. The molecule has 2 fully saturated rings. The van der Waals surface area contributed by atoms with E-state index in [0.29, 0.717) is 28.9 Å². The summed E-state index contributed by atoms with van der Waals surface area (Å²) in [5.74, 6) is -0.161. The van der Waals surface area contributed by atoms with Crippen molar-refractivity contribution in [3.8, 4) is 11.1 Å². The topological polar surface area (TPSA) is 52.8 Å². The van der Waals surface area contributed by atoms with E-state index in [1.54, 1.807) is 12.1 Å². The summed E-state index contributed by atoms with van der Waals surface area (Å²) in [7, 11) is 0. The summed E-state index contributed by atoms with van der Waals surface area (Å²) in [5.41, 5.74) is 5.98. The molecule has 1 aromatic carbocycles. The highest BCUT2D eigenvalue weighted by atomic mass is 35.5. The Hall–Kier alpha value is -2.83. The van der Waals surface area contributed by atoms with Gasteiger partial charge in [-0.2, -0.15) is 5.10 Å². The maximum Gasteiger partial charge on any atom is 0.160 e. The average Bonchev–Trinajstić information content (AvgIpc) is 3.56. The molecule has 3 aromatic heterocycles. The lowest BCUT2D eigenvalue weighted by Crippen LogP contribution is -2.19. The summed E-state index contributed by atoms with van der Waals surface area (Å²) in [4.78, 5) is 9.74. The molecule has 34 heavy (non-hydrogen) atoms. The molecule has 4 heterocycles. The van der Waals surface area contributed by atoms with E-state index in [2.05, 4.69) is 22.0 Å². The van der Waals surface area contributed by atoms with Gasteiger partial charge in [0.1, 0.15) is 5.82 Å². The molecule has 6 rings (SSSR count). The van der Waals surface area contributed by atoms with Crippen molar-refractivity contribution in [2.45, 2.75) is 57.6 Å². The third-order valence-corrected chi connectivity index (χ3v) is 7.34. The van der Waals surface area contributed by atoms with E-state index in [1.165, 1.54) is 18.9 Å². The fourth-order valence-electron chi connectivity index (χ4n) is 4.85. The molecule has 174 valence electrons. The highest BCUT2D eigenvalue weighted by molar-refractivity contribution is 6.30. The molecule has 0 spiro atoms. The van der Waals surface area contributed by atoms with Gasteiger partial charge in [-0.05, 0) is 81.0 Å². The standard InChI is InChI=1S/C27H26ClFN4O/c1-15-9-23-22(21-6-3-19(28)11-24(21)29)12-25(32-27(23)31-16(15)2)17-7-8-34-26(10-17)18-13-30-33(14-18)20-4-5-20/h3,6,9,11-14,17,20,26H,4-5,7-8,10H2,1-2H3/t17-,26+/m1/s1. The van der Waals surface area contributed by atoms with Crippen LogP contribution in [0.2, 0.25) is 5.02 Å². The van der Waals surface area contributed by atoms with Crippen LogP contribution in [-0.4, -0.2) is 26.4 Å². The van der Waals surface area contributed by atoms with Gasteiger partial charge < -0.3 is 4.74 Å². The maximum absolute atomic E-state index is 15.0. The van der Waals surface area contributed by atoms with Crippen molar-refractivity contribution in [1.82, 2.24) is 19.7 Å². The van der Waals surface area contributed by atoms with Crippen LogP contribution in [0.1, 0.15) is 66.3 Å². The molecule has 4 aromatic rings. The van der Waals surface area contributed by atoms with Gasteiger partial charge in [0, 0.05) is 51.6 Å². The fraction of sp³-hybridized carbons (Fsp3) is 0.370. The number of fused-ring (bicyclic) bond motifs is 1. The van der Waals surface area contributed by atoms with E-state index in [9.17, 15) is 0 Å². The highest BCUT2D eigenvalue weighted by Gasteiger charge is 2.30. The van der Waals surface area contributed by atoms with E-state index in [-0.39, 0.29) is 17.8 Å². The predicted molar refractivity (Wildman–Crippen MR) is 131 cm³/mol. The Balaban J connectivity index is 1.41. The van der Waals surface area contributed by atoms with E-state index in [0.717, 1.165) is 46.3 Å². The van der Waals surface area contributed by atoms with Crippen molar-refractivity contribution in [2.75, 3.05) is 6.61 Å². The molecule has 0 bridgehead atoms. The molecule has 2 aliphatic rings. The minimum Gasteiger partial charge on any atom is -0.373 e. The number of hydrogen-bond donors (Lipinski definition) is 0. The van der Waals surface area contributed by atoms with Gasteiger partial charge in [0.25, 0.3) is 0 Å². The third-order valence-electron chi connectivity index (χ3n) is 7.10. The molecule has 0 unspecified atom stereocenters. The summed E-state index contributed by atoms with van der Waals surface area (Å²) < 4.78 is 23.2. The first kappa shape index (κ1) is 21.7. The van der Waals surface area contributed by atoms with Gasteiger partial charge in [-0.3, -0.25) is 4.68 Å². The monoisotopic (exact) mass is 476 g/mol. The number of hydrogen-bond acceptors (Lipinski definition) is 4. The van der Waals surface area contributed by atoms with Gasteiger partial charge in [-0.25, -0.2) is 14.4 Å². The lowest BCUT2D eigenvalue weighted by atomic mass is 9.88. The quantitative estimate of drug-likeness (QED) is 0.322. The summed E-state index contributed by atoms with van der Waals surface area (Å²) in [6, 6.07) is 9.46. The van der Waals surface area contributed by atoms with Crippen LogP contribution >= 0.6 is 11.6 Å². The van der Waals surface area contributed by atoms with Gasteiger partial charge in [-0.1, -0.05) is 11.6 Å². The van der Waals surface area contributed by atoms with Crippen LogP contribution in [0.15, 0.2) is 42.7 Å². The Morgan fingerprint density at radius 2 is 1.91 bits per heavy atom. The highest BCUT2D eigenvalue weighted by Crippen LogP contribution is 2.41. The van der Waals surface area contributed by atoms with Crippen molar-refractivity contribution in [1.29, 1.82) is 0 Å². The minimum atomic E-state index is -0.346. The van der Waals surface area contributed by atoms with Crippen LogP contribution in [0.25, 0.3) is 22.2 Å². The first-order chi connectivity index (χ1) is 16.5. The van der Waals surface area contributed by atoms with E-state index >= 15 is 4.39 Å². The number of pyridine rings is 2. The lowest BCUT2D eigenvalue weighted by Gasteiger charge is -2.29. The smallest absolute Gasteiger partial charge is 0.160 e. The van der Waals surface area contributed by atoms with Crippen LogP contribution in [0.5, 0.6) is 0 Å². The Labute approximate surface area is 202 Å². The molecule has 1 aliphatic carbocycles. The summed E-state index contributed by atoms with van der Waals surface area (Å²) in [6.07, 6.45) is 8.11. The number of benzene rings is 1. The second kappa shape index (κ2) is 8.43. The van der Waals surface area contributed by atoms with Crippen molar-refractivity contribution in [3.05, 3.63) is 76.1 Å². The molecule has 7 heteroatoms. The van der Waals surface area contributed by atoms with Crippen LogP contribution in [0.4, 0.5) is 4.39 Å². The molecule has 1 saturated heterocycles. The molecule has 1 aliphatic heterocycles. The van der Waals surface area contributed by atoms with Crippen molar-refractivity contribution in [3.63, 3.8) is 0 Å². The van der Waals surface area contributed by atoms with E-state index in [1.807, 2.05) is 26.1 Å². The Bertz CT molecular complexity index is 1400. The number of aromatic nitrogens is 4. The van der Waals surface area contributed by atoms with Gasteiger partial charge in [0.15, 0.2) is 5.65 Å². The van der Waals surface area contributed by atoms with Gasteiger partial charge in [0.05, 0.1) is 18.3 Å². The number of aryl methyl sites for hydroxylation is 2. The molecule has 0 radical (unpaired) electrons. The molecule has 0 amide bonds. The van der Waals surface area contributed by atoms with Crippen LogP contribution < -0.4 is 0 Å². The first-order valence-corrected chi connectivity index (χ1v) is 12.2.